The van der Waals surface area contributed by atoms with Crippen molar-refractivity contribution < 1.29 is 14.3 Å². The molecule has 6 heteroatoms. The minimum atomic E-state index is -0.445. The average molecular weight is 335 g/mol. The molecule has 0 saturated carbocycles. The lowest BCUT2D eigenvalue weighted by Crippen LogP contribution is -2.33. The van der Waals surface area contributed by atoms with Gasteiger partial charge in [-0.15, -0.1) is 0 Å². The molecule has 0 aliphatic heterocycles. The molecular formula is C12H13BrClNO3. The summed E-state index contributed by atoms with van der Waals surface area (Å²) in [6.07, 6.45) is 0. The van der Waals surface area contributed by atoms with Gasteiger partial charge in [-0.25, -0.2) is 0 Å². The SMILES string of the molecule is CCOC(=O)CN(C)C(=O)c1cc(Br)ccc1Cl. The Morgan fingerprint density at radius 3 is 2.72 bits per heavy atom. The molecule has 0 N–H and O–H groups in total. The summed E-state index contributed by atoms with van der Waals surface area (Å²) in [5.74, 6) is -0.770. The molecule has 1 aromatic carbocycles. The first-order valence-electron chi connectivity index (χ1n) is 5.31. The fourth-order valence-corrected chi connectivity index (χ4v) is 1.90. The van der Waals surface area contributed by atoms with Gasteiger partial charge in [0.05, 0.1) is 17.2 Å². The van der Waals surface area contributed by atoms with E-state index in [1.165, 1.54) is 11.9 Å². The van der Waals surface area contributed by atoms with E-state index in [1.807, 2.05) is 0 Å². The Labute approximate surface area is 119 Å². The third-order valence-electron chi connectivity index (χ3n) is 2.18. The lowest BCUT2D eigenvalue weighted by molar-refractivity contribution is -0.143. The fraction of sp³-hybridized carbons (Fsp3) is 0.333. The number of esters is 1. The molecule has 0 spiro atoms. The van der Waals surface area contributed by atoms with Crippen LogP contribution in [0.25, 0.3) is 0 Å². The van der Waals surface area contributed by atoms with Gasteiger partial charge in [0.1, 0.15) is 6.54 Å². The molecule has 1 amide bonds. The molecule has 18 heavy (non-hydrogen) atoms. The highest BCUT2D eigenvalue weighted by molar-refractivity contribution is 9.10. The van der Waals surface area contributed by atoms with Crippen molar-refractivity contribution in [2.75, 3.05) is 20.2 Å². The van der Waals surface area contributed by atoms with Crippen molar-refractivity contribution in [3.63, 3.8) is 0 Å². The van der Waals surface area contributed by atoms with E-state index in [9.17, 15) is 9.59 Å². The van der Waals surface area contributed by atoms with Crippen molar-refractivity contribution in [2.45, 2.75) is 6.92 Å². The number of ether oxygens (including phenoxy) is 1. The van der Waals surface area contributed by atoms with Crippen LogP contribution in [0, 0.1) is 0 Å². The summed E-state index contributed by atoms with van der Waals surface area (Å²) in [6.45, 7) is 1.90. The summed E-state index contributed by atoms with van der Waals surface area (Å²) in [6, 6.07) is 4.98. The van der Waals surface area contributed by atoms with E-state index in [4.69, 9.17) is 16.3 Å². The van der Waals surface area contributed by atoms with Gasteiger partial charge in [0.2, 0.25) is 0 Å². The van der Waals surface area contributed by atoms with Gasteiger partial charge in [-0.3, -0.25) is 9.59 Å². The van der Waals surface area contributed by atoms with Crippen molar-refractivity contribution in [3.05, 3.63) is 33.3 Å². The monoisotopic (exact) mass is 333 g/mol. The predicted octanol–water partition coefficient (Wildman–Crippen LogP) is 2.74. The van der Waals surface area contributed by atoms with Gasteiger partial charge in [0.15, 0.2) is 0 Å². The molecule has 0 saturated heterocycles. The zero-order chi connectivity index (χ0) is 13.7. The molecule has 0 aromatic heterocycles. The number of amides is 1. The third-order valence-corrected chi connectivity index (χ3v) is 3.00. The number of carbonyl (C=O) groups is 2. The molecule has 1 aromatic rings. The van der Waals surface area contributed by atoms with Gasteiger partial charge in [0, 0.05) is 11.5 Å². The van der Waals surface area contributed by atoms with Gasteiger partial charge >= 0.3 is 5.97 Å². The van der Waals surface area contributed by atoms with Crippen LogP contribution in [0.4, 0.5) is 0 Å². The quantitative estimate of drug-likeness (QED) is 0.795. The maximum atomic E-state index is 12.1. The molecule has 0 aliphatic rings. The van der Waals surface area contributed by atoms with Gasteiger partial charge in [-0.05, 0) is 25.1 Å². The molecule has 4 nitrogen and oxygen atoms in total. The maximum absolute atomic E-state index is 12.1. The molecule has 0 radical (unpaired) electrons. The highest BCUT2D eigenvalue weighted by atomic mass is 79.9. The van der Waals surface area contributed by atoms with E-state index < -0.39 is 5.97 Å². The Balaban J connectivity index is 2.80. The molecule has 0 bridgehead atoms. The number of rotatable bonds is 4. The first-order chi connectivity index (χ1) is 8.45. The lowest BCUT2D eigenvalue weighted by atomic mass is 10.2. The summed E-state index contributed by atoms with van der Waals surface area (Å²) < 4.78 is 5.53. The molecule has 0 atom stereocenters. The molecule has 0 fully saturated rings. The Kier molecular flexibility index (Phi) is 5.62. The molecular weight excluding hydrogens is 321 g/mol. The fourth-order valence-electron chi connectivity index (χ4n) is 1.34. The van der Waals surface area contributed by atoms with Crippen molar-refractivity contribution in [3.8, 4) is 0 Å². The number of halogens is 2. The van der Waals surface area contributed by atoms with Gasteiger partial charge in [0.25, 0.3) is 5.91 Å². The van der Waals surface area contributed by atoms with Crippen LogP contribution in [-0.2, 0) is 9.53 Å². The Bertz CT molecular complexity index is 465. The molecule has 0 heterocycles. The van der Waals surface area contributed by atoms with Crippen molar-refractivity contribution in [1.82, 2.24) is 4.90 Å². The Morgan fingerprint density at radius 1 is 1.44 bits per heavy atom. The maximum Gasteiger partial charge on any atom is 0.325 e. The number of hydrogen-bond acceptors (Lipinski definition) is 3. The summed E-state index contributed by atoms with van der Waals surface area (Å²) in [4.78, 5) is 24.6. The van der Waals surface area contributed by atoms with E-state index in [0.717, 1.165) is 4.47 Å². The van der Waals surface area contributed by atoms with Crippen LogP contribution in [0.2, 0.25) is 5.02 Å². The normalized spacial score (nSPS) is 10.0. The van der Waals surface area contributed by atoms with Crippen LogP contribution in [0.15, 0.2) is 22.7 Å². The number of carbonyl (C=O) groups excluding carboxylic acids is 2. The minimum absolute atomic E-state index is 0.102. The summed E-state index contributed by atoms with van der Waals surface area (Å²) in [5.41, 5.74) is 0.345. The molecule has 1 rings (SSSR count). The van der Waals surface area contributed by atoms with Crippen molar-refractivity contribution >= 4 is 39.4 Å². The number of hydrogen-bond donors (Lipinski definition) is 0. The zero-order valence-corrected chi connectivity index (χ0v) is 12.4. The van der Waals surface area contributed by atoms with Crippen molar-refractivity contribution in [2.24, 2.45) is 0 Å². The highest BCUT2D eigenvalue weighted by Gasteiger charge is 2.18. The summed E-state index contributed by atoms with van der Waals surface area (Å²) in [5, 5.41) is 0.346. The number of benzene rings is 1. The predicted molar refractivity (Wildman–Crippen MR) is 72.7 cm³/mol. The van der Waals surface area contributed by atoms with Crippen LogP contribution >= 0.6 is 27.5 Å². The van der Waals surface area contributed by atoms with Gasteiger partial charge < -0.3 is 9.64 Å². The van der Waals surface area contributed by atoms with E-state index >= 15 is 0 Å². The highest BCUT2D eigenvalue weighted by Crippen LogP contribution is 2.22. The lowest BCUT2D eigenvalue weighted by Gasteiger charge is -2.16. The largest absolute Gasteiger partial charge is 0.465 e. The van der Waals surface area contributed by atoms with Crippen LogP contribution in [-0.4, -0.2) is 37.0 Å². The second kappa shape index (κ2) is 6.75. The number of likely N-dealkylation sites (N-methyl/N-ethyl adjacent to an activating group) is 1. The van der Waals surface area contributed by atoms with Crippen LogP contribution < -0.4 is 0 Å². The van der Waals surface area contributed by atoms with Crippen molar-refractivity contribution in [1.29, 1.82) is 0 Å². The van der Waals surface area contributed by atoms with Crippen LogP contribution in [0.1, 0.15) is 17.3 Å². The second-order valence-corrected chi connectivity index (χ2v) is 4.91. The molecule has 98 valence electrons. The number of nitrogens with zero attached hydrogens (tertiary/aromatic N) is 1. The third kappa shape index (κ3) is 3.99. The zero-order valence-electron chi connectivity index (χ0n) is 10.1. The van der Waals surface area contributed by atoms with Crippen LogP contribution in [0.5, 0.6) is 0 Å². The topological polar surface area (TPSA) is 46.6 Å². The minimum Gasteiger partial charge on any atom is -0.465 e. The average Bonchev–Trinajstić information content (AvgIpc) is 2.31. The van der Waals surface area contributed by atoms with E-state index in [2.05, 4.69) is 15.9 Å². The first kappa shape index (κ1) is 15.0. The Morgan fingerprint density at radius 2 is 2.11 bits per heavy atom. The van der Waals surface area contributed by atoms with Gasteiger partial charge in [-0.2, -0.15) is 0 Å². The first-order valence-corrected chi connectivity index (χ1v) is 6.49. The standard InChI is InChI=1S/C12H13BrClNO3/c1-3-18-11(16)7-15(2)12(17)9-6-8(13)4-5-10(9)14/h4-6H,3,7H2,1-2H3. The van der Waals surface area contributed by atoms with Crippen LogP contribution in [0.3, 0.4) is 0 Å². The Hall–Kier alpha value is -1.07. The smallest absolute Gasteiger partial charge is 0.325 e. The van der Waals surface area contributed by atoms with E-state index in [-0.39, 0.29) is 12.5 Å². The second-order valence-electron chi connectivity index (χ2n) is 3.59. The van der Waals surface area contributed by atoms with E-state index in [0.29, 0.717) is 17.2 Å². The molecule has 0 aliphatic carbocycles. The summed E-state index contributed by atoms with van der Waals surface area (Å²) >= 11 is 9.22. The summed E-state index contributed by atoms with van der Waals surface area (Å²) in [7, 11) is 1.52. The van der Waals surface area contributed by atoms with Gasteiger partial charge in [-0.1, -0.05) is 27.5 Å². The molecule has 0 unspecified atom stereocenters. The van der Waals surface area contributed by atoms with E-state index in [1.54, 1.807) is 25.1 Å².